The molecule has 270 valence electrons. The van der Waals surface area contributed by atoms with Gasteiger partial charge in [-0.15, -0.1) is 0 Å². The Labute approximate surface area is 285 Å². The summed E-state index contributed by atoms with van der Waals surface area (Å²) >= 11 is 0. The molecule has 0 fully saturated rings. The highest BCUT2D eigenvalue weighted by Crippen LogP contribution is 2.14. The molecule has 0 aromatic rings. The lowest BCUT2D eigenvalue weighted by molar-refractivity contribution is -0.131. The van der Waals surface area contributed by atoms with Gasteiger partial charge in [-0.2, -0.15) is 0 Å². The van der Waals surface area contributed by atoms with E-state index in [9.17, 15) is 20.1 Å². The van der Waals surface area contributed by atoms with E-state index in [4.69, 9.17) is 0 Å². The predicted octanol–water partition coefficient (Wildman–Crippen LogP) is 10.8. The molecule has 0 aliphatic rings. The lowest BCUT2D eigenvalue weighted by atomic mass is 10.0. The van der Waals surface area contributed by atoms with E-state index in [0.717, 1.165) is 44.9 Å². The van der Waals surface area contributed by atoms with Gasteiger partial charge in [-0.25, -0.2) is 0 Å². The maximum atomic E-state index is 12.4. The summed E-state index contributed by atoms with van der Waals surface area (Å²) in [7, 11) is 0. The van der Waals surface area contributed by atoms with E-state index in [-0.39, 0.29) is 6.61 Å². The van der Waals surface area contributed by atoms with Gasteiger partial charge in [0.05, 0.1) is 18.8 Å². The van der Waals surface area contributed by atoms with Crippen LogP contribution < -0.4 is 5.32 Å². The van der Waals surface area contributed by atoms with Crippen LogP contribution in [0, 0.1) is 0 Å². The Morgan fingerprint density at radius 1 is 0.522 bits per heavy atom. The van der Waals surface area contributed by atoms with Crippen LogP contribution >= 0.6 is 0 Å². The summed E-state index contributed by atoms with van der Waals surface area (Å²) in [6, 6.07) is -0.815. The molecule has 0 bridgehead atoms. The van der Waals surface area contributed by atoms with Gasteiger partial charge in [0.25, 0.3) is 0 Å². The molecule has 4 N–H and O–H groups in total. The van der Waals surface area contributed by atoms with Gasteiger partial charge >= 0.3 is 0 Å². The van der Waals surface area contributed by atoms with E-state index in [1.54, 1.807) is 6.08 Å². The monoisotopic (exact) mass is 648 g/mol. The molecule has 0 aliphatic heterocycles. The zero-order valence-corrected chi connectivity index (χ0v) is 30.5. The van der Waals surface area contributed by atoms with Crippen molar-refractivity contribution in [2.75, 3.05) is 6.61 Å². The first-order valence-electron chi connectivity index (χ1n) is 19.8. The third-order valence-corrected chi connectivity index (χ3v) is 8.95. The van der Waals surface area contributed by atoms with Gasteiger partial charge in [0.2, 0.25) is 5.91 Å². The minimum absolute atomic E-state index is 0.378. The lowest BCUT2D eigenvalue weighted by Gasteiger charge is -2.21. The Bertz CT molecular complexity index is 719. The highest BCUT2D eigenvalue weighted by atomic mass is 16.3. The number of rotatable bonds is 35. The summed E-state index contributed by atoms with van der Waals surface area (Å²) in [5.41, 5.74) is 0. The van der Waals surface area contributed by atoms with Crippen molar-refractivity contribution in [3.05, 3.63) is 36.5 Å². The van der Waals surface area contributed by atoms with E-state index in [2.05, 4.69) is 43.5 Å². The molecule has 0 spiro atoms. The fourth-order valence-electron chi connectivity index (χ4n) is 5.78. The topological polar surface area (TPSA) is 89.8 Å². The van der Waals surface area contributed by atoms with Crippen LogP contribution in [-0.2, 0) is 4.79 Å². The first kappa shape index (κ1) is 44.6. The van der Waals surface area contributed by atoms with Gasteiger partial charge < -0.3 is 20.6 Å². The van der Waals surface area contributed by atoms with Crippen molar-refractivity contribution in [3.8, 4) is 0 Å². The van der Waals surface area contributed by atoms with Gasteiger partial charge in [-0.3, -0.25) is 4.79 Å². The quantitative estimate of drug-likeness (QED) is 0.0407. The van der Waals surface area contributed by atoms with Crippen molar-refractivity contribution in [2.24, 2.45) is 0 Å². The molecular weight excluding hydrogens is 570 g/mol. The minimum Gasteiger partial charge on any atom is -0.394 e. The maximum Gasteiger partial charge on any atom is 0.249 e. The number of aliphatic hydroxyl groups excluding tert-OH is 3. The Hall–Kier alpha value is -1.43. The number of amides is 1. The fraction of sp³-hybridized carbons (Fsp3) is 0.829. The number of aliphatic hydroxyl groups is 3. The number of allylic oxidation sites excluding steroid dienone is 5. The van der Waals surface area contributed by atoms with E-state index in [1.165, 1.54) is 128 Å². The fourth-order valence-corrected chi connectivity index (χ4v) is 5.78. The molecule has 0 saturated carbocycles. The highest BCUT2D eigenvalue weighted by Gasteiger charge is 2.22. The zero-order valence-electron chi connectivity index (χ0n) is 30.5. The van der Waals surface area contributed by atoms with Crippen LogP contribution in [0.1, 0.15) is 194 Å². The average Bonchev–Trinajstić information content (AvgIpc) is 3.06. The van der Waals surface area contributed by atoms with Gasteiger partial charge in [0, 0.05) is 0 Å². The van der Waals surface area contributed by atoms with Crippen LogP contribution in [0.5, 0.6) is 0 Å². The van der Waals surface area contributed by atoms with Crippen molar-refractivity contribution in [1.82, 2.24) is 5.32 Å². The number of hydrogen-bond acceptors (Lipinski definition) is 4. The Morgan fingerprint density at radius 2 is 0.891 bits per heavy atom. The lowest BCUT2D eigenvalue weighted by Crippen LogP contribution is -2.48. The van der Waals surface area contributed by atoms with Crippen molar-refractivity contribution < 1.29 is 20.1 Å². The molecule has 0 aliphatic carbocycles. The molecule has 0 rings (SSSR count). The Kier molecular flexibility index (Phi) is 35.3. The van der Waals surface area contributed by atoms with Gasteiger partial charge in [0.15, 0.2) is 0 Å². The molecule has 5 nitrogen and oxygen atoms in total. The van der Waals surface area contributed by atoms with E-state index in [0.29, 0.717) is 6.42 Å². The first-order valence-corrected chi connectivity index (χ1v) is 19.8. The van der Waals surface area contributed by atoms with Crippen molar-refractivity contribution >= 4 is 5.91 Å². The third-order valence-electron chi connectivity index (χ3n) is 8.95. The summed E-state index contributed by atoms with van der Waals surface area (Å²) < 4.78 is 0. The Morgan fingerprint density at radius 3 is 1.35 bits per heavy atom. The summed E-state index contributed by atoms with van der Waals surface area (Å²) in [6.07, 6.45) is 44.5. The van der Waals surface area contributed by atoms with Gasteiger partial charge in [-0.1, -0.05) is 172 Å². The highest BCUT2D eigenvalue weighted by molar-refractivity contribution is 5.80. The molecule has 0 saturated heterocycles. The number of carbonyl (C=O) groups excluding carboxylic acids is 1. The molecule has 0 radical (unpaired) electrons. The van der Waals surface area contributed by atoms with Crippen LogP contribution in [0.3, 0.4) is 0 Å². The minimum atomic E-state index is -1.11. The summed E-state index contributed by atoms with van der Waals surface area (Å²) in [5, 5.41) is 33.0. The molecule has 1 amide bonds. The molecule has 0 aromatic carbocycles. The second kappa shape index (κ2) is 36.4. The molecule has 5 heteroatoms. The van der Waals surface area contributed by atoms with Crippen LogP contribution in [-0.4, -0.2) is 46.1 Å². The van der Waals surface area contributed by atoms with Crippen LogP contribution in [0.15, 0.2) is 36.5 Å². The normalized spacial score (nSPS) is 14.1. The second-order valence-electron chi connectivity index (χ2n) is 13.5. The van der Waals surface area contributed by atoms with E-state index in [1.807, 2.05) is 6.08 Å². The van der Waals surface area contributed by atoms with Crippen molar-refractivity contribution in [1.29, 1.82) is 0 Å². The zero-order chi connectivity index (χ0) is 33.8. The molecule has 3 atom stereocenters. The van der Waals surface area contributed by atoms with Crippen LogP contribution in [0.2, 0.25) is 0 Å². The SMILES string of the molecule is CCCCCC/C=C\CCCCCCCCC(O)C(=O)NC(CO)C(O)/C=C/CC/C=C/CCCCCCCCCCCCCC. The maximum absolute atomic E-state index is 12.4. The number of hydrogen-bond donors (Lipinski definition) is 4. The van der Waals surface area contributed by atoms with E-state index >= 15 is 0 Å². The smallest absolute Gasteiger partial charge is 0.249 e. The van der Waals surface area contributed by atoms with Crippen LogP contribution in [0.4, 0.5) is 0 Å². The Balaban J connectivity index is 3.78. The summed E-state index contributed by atoms with van der Waals surface area (Å²) in [5.74, 6) is -0.520. The largest absolute Gasteiger partial charge is 0.394 e. The van der Waals surface area contributed by atoms with Gasteiger partial charge in [-0.05, 0) is 57.8 Å². The summed E-state index contributed by atoms with van der Waals surface area (Å²) in [4.78, 5) is 12.4. The molecule has 3 unspecified atom stereocenters. The number of nitrogens with one attached hydrogen (secondary N) is 1. The average molecular weight is 648 g/mol. The molecule has 0 heterocycles. The predicted molar refractivity (Wildman–Crippen MR) is 199 cm³/mol. The van der Waals surface area contributed by atoms with Gasteiger partial charge in [0.1, 0.15) is 6.10 Å². The number of unbranched alkanes of at least 4 members (excludes halogenated alkanes) is 23. The molecule has 46 heavy (non-hydrogen) atoms. The third kappa shape index (κ3) is 31.2. The van der Waals surface area contributed by atoms with Crippen molar-refractivity contribution in [3.63, 3.8) is 0 Å². The van der Waals surface area contributed by atoms with Crippen LogP contribution in [0.25, 0.3) is 0 Å². The van der Waals surface area contributed by atoms with Crippen molar-refractivity contribution in [2.45, 2.75) is 212 Å². The first-order chi connectivity index (χ1) is 22.6. The summed E-state index contributed by atoms with van der Waals surface area (Å²) in [6.45, 7) is 4.14. The standard InChI is InChI=1S/C41H77NO4/c1-3-5-7-9-11-13-15-17-19-20-21-22-24-25-27-29-31-33-35-39(44)38(37-43)42-41(46)40(45)36-34-32-30-28-26-23-18-16-14-12-10-8-6-4-2/h14,16,25,27,33,35,38-40,43-45H,3-13,15,17-24,26,28-32,34,36-37H2,1-2H3,(H,42,46)/b16-14-,27-25+,35-33+. The second-order valence-corrected chi connectivity index (χ2v) is 13.5. The molecule has 0 aromatic heterocycles. The number of carbonyl (C=O) groups is 1. The van der Waals surface area contributed by atoms with E-state index < -0.39 is 24.2 Å². The molecular formula is C41H77NO4.